The van der Waals surface area contributed by atoms with Crippen LogP contribution in [0.15, 0.2) is 54.6 Å². The summed E-state index contributed by atoms with van der Waals surface area (Å²) in [4.78, 5) is 0. The molecule has 1 unspecified atom stereocenters. The van der Waals surface area contributed by atoms with Gasteiger partial charge < -0.3 is 15.2 Å². The Bertz CT molecular complexity index is 911. The first-order chi connectivity index (χ1) is 12.2. The maximum atomic E-state index is 9.68. The fourth-order valence-corrected chi connectivity index (χ4v) is 3.80. The third-order valence-corrected chi connectivity index (χ3v) is 5.16. The van der Waals surface area contributed by atoms with Crippen LogP contribution in [0.1, 0.15) is 12.5 Å². The molecule has 1 atom stereocenters. The molecule has 0 aliphatic heterocycles. The zero-order valence-electron chi connectivity index (χ0n) is 15.1. The standard InChI is InChI=1S/C22H23NO2.ClH/c1-22(13-24,14-25-2)23-12-15-10-11-20-18-7-4-3-6-17(18)19-9-5-8-16(15)21(19)20;/h3-11,23-24H,12-14H2,1-2H3;1H. The van der Waals surface area contributed by atoms with Crippen LogP contribution in [0, 0.1) is 0 Å². The molecule has 0 heterocycles. The number of aliphatic hydroxyl groups excluding tert-OH is 1. The molecule has 1 aliphatic carbocycles. The molecule has 26 heavy (non-hydrogen) atoms. The third kappa shape index (κ3) is 3.01. The summed E-state index contributed by atoms with van der Waals surface area (Å²) in [6.07, 6.45) is 0. The lowest BCUT2D eigenvalue weighted by Gasteiger charge is -2.28. The summed E-state index contributed by atoms with van der Waals surface area (Å²) < 4.78 is 5.24. The van der Waals surface area contributed by atoms with Crippen LogP contribution < -0.4 is 5.32 Å². The number of hydrogen-bond donors (Lipinski definition) is 2. The van der Waals surface area contributed by atoms with Gasteiger partial charge in [-0.25, -0.2) is 0 Å². The molecular weight excluding hydrogens is 346 g/mol. The highest BCUT2D eigenvalue weighted by atomic mass is 35.5. The summed E-state index contributed by atoms with van der Waals surface area (Å²) in [5, 5.41) is 15.8. The van der Waals surface area contributed by atoms with Crippen molar-refractivity contribution in [3.05, 3.63) is 60.2 Å². The largest absolute Gasteiger partial charge is 0.394 e. The lowest BCUT2D eigenvalue weighted by atomic mass is 9.97. The Morgan fingerprint density at radius 2 is 1.58 bits per heavy atom. The van der Waals surface area contributed by atoms with Gasteiger partial charge >= 0.3 is 0 Å². The van der Waals surface area contributed by atoms with Crippen molar-refractivity contribution in [3.63, 3.8) is 0 Å². The Balaban J connectivity index is 0.00000196. The van der Waals surface area contributed by atoms with Crippen LogP contribution in [0.5, 0.6) is 0 Å². The van der Waals surface area contributed by atoms with Crippen LogP contribution in [0.3, 0.4) is 0 Å². The first-order valence-corrected chi connectivity index (χ1v) is 8.66. The summed E-state index contributed by atoms with van der Waals surface area (Å²) in [7, 11) is 1.66. The molecule has 0 radical (unpaired) electrons. The summed E-state index contributed by atoms with van der Waals surface area (Å²) in [6.45, 7) is 3.17. The second kappa shape index (κ2) is 7.37. The number of aliphatic hydroxyl groups is 1. The minimum absolute atomic E-state index is 0. The molecule has 4 heteroatoms. The van der Waals surface area contributed by atoms with Crippen molar-refractivity contribution in [2.24, 2.45) is 0 Å². The summed E-state index contributed by atoms with van der Waals surface area (Å²) >= 11 is 0. The summed E-state index contributed by atoms with van der Waals surface area (Å²) in [6, 6.07) is 19.5. The molecule has 0 spiro atoms. The van der Waals surface area contributed by atoms with Gasteiger partial charge in [0.2, 0.25) is 0 Å². The van der Waals surface area contributed by atoms with Crippen LogP contribution in [0.2, 0.25) is 0 Å². The van der Waals surface area contributed by atoms with E-state index >= 15 is 0 Å². The Morgan fingerprint density at radius 3 is 2.23 bits per heavy atom. The van der Waals surface area contributed by atoms with Gasteiger partial charge in [-0.3, -0.25) is 0 Å². The first kappa shape index (κ1) is 18.9. The fourth-order valence-electron chi connectivity index (χ4n) is 3.80. The van der Waals surface area contributed by atoms with Gasteiger partial charge in [0.15, 0.2) is 0 Å². The van der Waals surface area contributed by atoms with Crippen molar-refractivity contribution >= 4 is 23.2 Å². The topological polar surface area (TPSA) is 41.5 Å². The van der Waals surface area contributed by atoms with Crippen molar-refractivity contribution in [1.82, 2.24) is 5.32 Å². The van der Waals surface area contributed by atoms with Crippen LogP contribution in [-0.2, 0) is 11.3 Å². The molecule has 1 aliphatic rings. The maximum Gasteiger partial charge on any atom is 0.0664 e. The van der Waals surface area contributed by atoms with E-state index in [2.05, 4.69) is 59.9 Å². The number of hydrogen-bond acceptors (Lipinski definition) is 3. The monoisotopic (exact) mass is 369 g/mol. The van der Waals surface area contributed by atoms with E-state index in [1.54, 1.807) is 7.11 Å². The summed E-state index contributed by atoms with van der Waals surface area (Å²) in [5.41, 5.74) is 6.05. The van der Waals surface area contributed by atoms with Gasteiger partial charge in [-0.15, -0.1) is 12.4 Å². The van der Waals surface area contributed by atoms with E-state index in [0.29, 0.717) is 13.2 Å². The highest BCUT2D eigenvalue weighted by molar-refractivity contribution is 6.15. The van der Waals surface area contributed by atoms with Gasteiger partial charge in [0.25, 0.3) is 0 Å². The van der Waals surface area contributed by atoms with E-state index in [9.17, 15) is 5.11 Å². The van der Waals surface area contributed by atoms with Crippen molar-refractivity contribution in [1.29, 1.82) is 0 Å². The molecule has 3 aromatic carbocycles. The van der Waals surface area contributed by atoms with E-state index in [-0.39, 0.29) is 19.0 Å². The predicted molar refractivity (Wildman–Crippen MR) is 110 cm³/mol. The smallest absolute Gasteiger partial charge is 0.0664 e. The average Bonchev–Trinajstić information content (AvgIpc) is 2.98. The molecule has 0 saturated heterocycles. The first-order valence-electron chi connectivity index (χ1n) is 8.66. The van der Waals surface area contributed by atoms with Crippen LogP contribution in [0.25, 0.3) is 33.0 Å². The second-order valence-electron chi connectivity index (χ2n) is 7.05. The van der Waals surface area contributed by atoms with Gasteiger partial charge in [-0.2, -0.15) is 0 Å². The van der Waals surface area contributed by atoms with Crippen LogP contribution >= 0.6 is 12.4 Å². The highest BCUT2D eigenvalue weighted by Gasteiger charge is 2.24. The van der Waals surface area contributed by atoms with Gasteiger partial charge in [0, 0.05) is 13.7 Å². The average molecular weight is 370 g/mol. The van der Waals surface area contributed by atoms with Crippen LogP contribution in [0.4, 0.5) is 0 Å². The highest BCUT2D eigenvalue weighted by Crippen LogP contribution is 2.47. The van der Waals surface area contributed by atoms with E-state index in [4.69, 9.17) is 4.74 Å². The number of rotatable bonds is 6. The van der Waals surface area contributed by atoms with E-state index in [1.165, 1.54) is 38.6 Å². The quantitative estimate of drug-likeness (QED) is 0.529. The summed E-state index contributed by atoms with van der Waals surface area (Å²) in [5.74, 6) is 0. The minimum atomic E-state index is -0.444. The number of nitrogens with one attached hydrogen (secondary N) is 1. The van der Waals surface area contributed by atoms with Gasteiger partial charge in [-0.1, -0.05) is 54.6 Å². The molecule has 0 bridgehead atoms. The zero-order chi connectivity index (χ0) is 17.4. The molecule has 0 amide bonds. The maximum absolute atomic E-state index is 9.68. The third-order valence-electron chi connectivity index (χ3n) is 5.16. The Kier molecular flexibility index (Phi) is 5.35. The van der Waals surface area contributed by atoms with E-state index in [0.717, 1.165) is 0 Å². The molecule has 0 saturated carbocycles. The molecule has 3 nitrogen and oxygen atoms in total. The lowest BCUT2D eigenvalue weighted by molar-refractivity contribution is 0.0723. The normalized spacial score (nSPS) is 14.0. The number of halogens is 1. The van der Waals surface area contributed by atoms with E-state index < -0.39 is 5.54 Å². The molecule has 3 aromatic rings. The molecule has 4 rings (SSSR count). The van der Waals surface area contributed by atoms with Crippen molar-refractivity contribution < 1.29 is 9.84 Å². The minimum Gasteiger partial charge on any atom is -0.394 e. The number of fused-ring (bicyclic) bond motifs is 3. The predicted octanol–water partition coefficient (Wildman–Crippen LogP) is 4.40. The van der Waals surface area contributed by atoms with Crippen LogP contribution in [-0.4, -0.2) is 31.0 Å². The lowest BCUT2D eigenvalue weighted by Crippen LogP contribution is -2.49. The number of methoxy groups -OCH3 is 1. The van der Waals surface area contributed by atoms with Crippen molar-refractivity contribution in [3.8, 4) is 22.3 Å². The Morgan fingerprint density at radius 1 is 0.923 bits per heavy atom. The zero-order valence-corrected chi connectivity index (χ0v) is 15.9. The molecular formula is C22H24ClNO2. The van der Waals surface area contributed by atoms with Gasteiger partial charge in [-0.05, 0) is 45.5 Å². The fraction of sp³-hybridized carbons (Fsp3) is 0.273. The molecule has 0 aromatic heterocycles. The Labute approximate surface area is 160 Å². The number of ether oxygens (including phenoxy) is 1. The van der Waals surface area contributed by atoms with Gasteiger partial charge in [0.05, 0.1) is 18.8 Å². The van der Waals surface area contributed by atoms with Crippen molar-refractivity contribution in [2.75, 3.05) is 20.3 Å². The van der Waals surface area contributed by atoms with Crippen molar-refractivity contribution in [2.45, 2.75) is 19.0 Å². The molecule has 0 fully saturated rings. The Hall–Kier alpha value is -1.91. The van der Waals surface area contributed by atoms with Gasteiger partial charge in [0.1, 0.15) is 0 Å². The molecule has 2 N–H and O–H groups in total. The SMILES string of the molecule is COCC(C)(CO)NCc1ccc2c3c(cccc13)-c1ccccc1-2.Cl. The molecule has 136 valence electrons. The second-order valence-corrected chi connectivity index (χ2v) is 7.05. The number of benzene rings is 3. The van der Waals surface area contributed by atoms with E-state index in [1.807, 2.05) is 6.92 Å².